The Hall–Kier alpha value is -2.69. The predicted octanol–water partition coefficient (Wildman–Crippen LogP) is 3.96. The fraction of sp³-hybridized carbons (Fsp3) is 0.353. The van der Waals surface area contributed by atoms with Crippen LogP contribution in [0.3, 0.4) is 0 Å². The highest BCUT2D eigenvalue weighted by Crippen LogP contribution is 2.30. The molecule has 1 N–H and O–H groups in total. The number of thioether (sulfide) groups is 1. The van der Waals surface area contributed by atoms with Gasteiger partial charge in [0.1, 0.15) is 6.61 Å². The molecule has 2 aromatic rings. The number of aromatic nitrogens is 2. The van der Waals surface area contributed by atoms with Gasteiger partial charge in [-0.3, -0.25) is 5.32 Å². The van der Waals surface area contributed by atoms with Crippen molar-refractivity contribution in [3.63, 3.8) is 0 Å². The SMILES string of the molecule is CCOC(=O)c1nc(NC(=O)OCCSc2ccc(C(F)(F)F)cc2)cn1C. The maximum Gasteiger partial charge on any atom is 0.416 e. The number of aryl methyl sites for hydroxylation is 1. The largest absolute Gasteiger partial charge is 0.460 e. The number of hydrogen-bond donors (Lipinski definition) is 1. The molecule has 1 amide bonds. The van der Waals surface area contributed by atoms with E-state index in [9.17, 15) is 22.8 Å². The van der Waals surface area contributed by atoms with Gasteiger partial charge >= 0.3 is 18.2 Å². The van der Waals surface area contributed by atoms with E-state index < -0.39 is 23.8 Å². The molecule has 7 nitrogen and oxygen atoms in total. The number of esters is 1. The summed E-state index contributed by atoms with van der Waals surface area (Å²) >= 11 is 1.25. The summed E-state index contributed by atoms with van der Waals surface area (Å²) < 4.78 is 48.7. The second kappa shape index (κ2) is 9.49. The van der Waals surface area contributed by atoms with E-state index in [-0.39, 0.29) is 24.9 Å². The smallest absolute Gasteiger partial charge is 0.416 e. The molecule has 0 aliphatic carbocycles. The molecule has 1 aromatic carbocycles. The number of ether oxygens (including phenoxy) is 2. The molecule has 0 atom stereocenters. The number of nitrogens with zero attached hydrogens (tertiary/aromatic N) is 2. The Kier molecular flexibility index (Phi) is 7.32. The molecule has 2 rings (SSSR count). The summed E-state index contributed by atoms with van der Waals surface area (Å²) in [5.41, 5.74) is -0.718. The molecule has 11 heteroatoms. The standard InChI is InChI=1S/C17H18F3N3O4S/c1-3-26-15(24)14-21-13(10-23(14)2)22-16(25)27-8-9-28-12-6-4-11(5-7-12)17(18,19)20/h4-7,10H,3,8-9H2,1-2H3,(H,22,25). The van der Waals surface area contributed by atoms with Crippen LogP contribution in [0.1, 0.15) is 23.1 Å². The number of imidazole rings is 1. The van der Waals surface area contributed by atoms with Crippen molar-refractivity contribution in [2.45, 2.75) is 18.0 Å². The lowest BCUT2D eigenvalue weighted by atomic mass is 10.2. The summed E-state index contributed by atoms with van der Waals surface area (Å²) in [7, 11) is 1.58. The van der Waals surface area contributed by atoms with Gasteiger partial charge < -0.3 is 14.0 Å². The maximum absolute atomic E-state index is 12.5. The topological polar surface area (TPSA) is 82.4 Å². The van der Waals surface area contributed by atoms with E-state index in [1.165, 1.54) is 34.7 Å². The van der Waals surface area contributed by atoms with Crippen LogP contribution in [-0.2, 0) is 22.7 Å². The lowest BCUT2D eigenvalue weighted by Gasteiger charge is -2.08. The first-order valence-electron chi connectivity index (χ1n) is 8.15. The lowest BCUT2D eigenvalue weighted by molar-refractivity contribution is -0.137. The zero-order chi connectivity index (χ0) is 20.7. The number of amides is 1. The number of alkyl halides is 3. The zero-order valence-corrected chi connectivity index (χ0v) is 15.9. The van der Waals surface area contributed by atoms with E-state index >= 15 is 0 Å². The van der Waals surface area contributed by atoms with Crippen molar-refractivity contribution in [1.82, 2.24) is 9.55 Å². The van der Waals surface area contributed by atoms with Crippen LogP contribution in [0.15, 0.2) is 35.4 Å². The molecule has 0 aliphatic rings. The second-order valence-electron chi connectivity index (χ2n) is 5.41. The Morgan fingerprint density at radius 3 is 2.50 bits per heavy atom. The van der Waals surface area contributed by atoms with E-state index in [4.69, 9.17) is 9.47 Å². The third-order valence-electron chi connectivity index (χ3n) is 3.33. The van der Waals surface area contributed by atoms with Gasteiger partial charge in [0.2, 0.25) is 5.82 Å². The van der Waals surface area contributed by atoms with Crippen molar-refractivity contribution >= 4 is 29.6 Å². The Bertz CT molecular complexity index is 822. The van der Waals surface area contributed by atoms with Gasteiger partial charge in [-0.2, -0.15) is 13.2 Å². The number of hydrogen-bond acceptors (Lipinski definition) is 6. The summed E-state index contributed by atoms with van der Waals surface area (Å²) in [6.45, 7) is 1.91. The van der Waals surface area contributed by atoms with Crippen LogP contribution in [0, 0.1) is 0 Å². The molecule has 1 aromatic heterocycles. The van der Waals surface area contributed by atoms with Crippen LogP contribution in [0.4, 0.5) is 23.8 Å². The Morgan fingerprint density at radius 2 is 1.89 bits per heavy atom. The quantitative estimate of drug-likeness (QED) is 0.417. The van der Waals surface area contributed by atoms with Crippen LogP contribution in [-0.4, -0.2) is 40.6 Å². The number of nitrogens with one attached hydrogen (secondary N) is 1. The van der Waals surface area contributed by atoms with Crippen LogP contribution in [0.2, 0.25) is 0 Å². The van der Waals surface area contributed by atoms with Gasteiger partial charge in [-0.25, -0.2) is 14.6 Å². The van der Waals surface area contributed by atoms with Crippen molar-refractivity contribution in [2.75, 3.05) is 24.3 Å². The summed E-state index contributed by atoms with van der Waals surface area (Å²) in [5.74, 6) is -0.0879. The van der Waals surface area contributed by atoms with Gasteiger partial charge in [-0.15, -0.1) is 11.8 Å². The first-order valence-corrected chi connectivity index (χ1v) is 9.13. The molecule has 1 heterocycles. The minimum atomic E-state index is -4.37. The fourth-order valence-corrected chi connectivity index (χ4v) is 2.82. The molecule has 0 unspecified atom stereocenters. The highest BCUT2D eigenvalue weighted by Gasteiger charge is 2.29. The van der Waals surface area contributed by atoms with E-state index in [0.29, 0.717) is 10.6 Å². The molecule has 0 saturated carbocycles. The number of halogens is 3. The number of carbonyl (C=O) groups excluding carboxylic acids is 2. The van der Waals surface area contributed by atoms with Crippen LogP contribution in [0.25, 0.3) is 0 Å². The second-order valence-corrected chi connectivity index (χ2v) is 6.58. The summed E-state index contributed by atoms with van der Waals surface area (Å²) in [6.07, 6.45) is -3.70. The van der Waals surface area contributed by atoms with E-state index in [1.54, 1.807) is 14.0 Å². The minimum Gasteiger partial charge on any atom is -0.460 e. The normalized spacial score (nSPS) is 11.2. The van der Waals surface area contributed by atoms with Crippen molar-refractivity contribution in [3.8, 4) is 0 Å². The van der Waals surface area contributed by atoms with E-state index in [0.717, 1.165) is 12.1 Å². The molecule has 0 radical (unpaired) electrons. The lowest BCUT2D eigenvalue weighted by Crippen LogP contribution is -2.15. The van der Waals surface area contributed by atoms with Crippen molar-refractivity contribution < 1.29 is 32.2 Å². The molecule has 0 spiro atoms. The van der Waals surface area contributed by atoms with Gasteiger partial charge in [-0.1, -0.05) is 0 Å². The fourth-order valence-electron chi connectivity index (χ4n) is 2.09. The number of carbonyl (C=O) groups is 2. The number of rotatable bonds is 7. The first kappa shape index (κ1) is 21.6. The number of anilines is 1. The highest BCUT2D eigenvalue weighted by molar-refractivity contribution is 7.99. The number of benzene rings is 1. The summed E-state index contributed by atoms with van der Waals surface area (Å²) in [6, 6.07) is 4.72. The predicted molar refractivity (Wildman–Crippen MR) is 96.3 cm³/mol. The molecule has 0 bridgehead atoms. The maximum atomic E-state index is 12.5. The van der Waals surface area contributed by atoms with Gasteiger partial charge in [0, 0.05) is 23.9 Å². The molecular formula is C17H18F3N3O4S. The average Bonchev–Trinajstić information content (AvgIpc) is 2.99. The van der Waals surface area contributed by atoms with Crippen molar-refractivity contribution in [1.29, 1.82) is 0 Å². The van der Waals surface area contributed by atoms with E-state index in [2.05, 4.69) is 10.3 Å². The van der Waals surface area contributed by atoms with Gasteiger partial charge in [0.25, 0.3) is 0 Å². The first-order chi connectivity index (χ1) is 13.2. The van der Waals surface area contributed by atoms with Gasteiger partial charge in [0.05, 0.1) is 12.2 Å². The van der Waals surface area contributed by atoms with Crippen molar-refractivity contribution in [2.24, 2.45) is 7.05 Å². The van der Waals surface area contributed by atoms with Crippen LogP contribution >= 0.6 is 11.8 Å². The Labute approximate surface area is 163 Å². The molecule has 28 heavy (non-hydrogen) atoms. The average molecular weight is 417 g/mol. The Balaban J connectivity index is 1.76. The van der Waals surface area contributed by atoms with Gasteiger partial charge in [-0.05, 0) is 31.2 Å². The highest BCUT2D eigenvalue weighted by atomic mass is 32.2. The third-order valence-corrected chi connectivity index (χ3v) is 4.31. The molecular weight excluding hydrogens is 399 g/mol. The monoisotopic (exact) mass is 417 g/mol. The van der Waals surface area contributed by atoms with E-state index in [1.807, 2.05) is 0 Å². The van der Waals surface area contributed by atoms with Crippen molar-refractivity contribution in [3.05, 3.63) is 41.9 Å². The Morgan fingerprint density at radius 1 is 1.21 bits per heavy atom. The molecule has 0 fully saturated rings. The van der Waals surface area contributed by atoms with Crippen LogP contribution < -0.4 is 5.32 Å². The summed E-state index contributed by atoms with van der Waals surface area (Å²) in [4.78, 5) is 28.0. The zero-order valence-electron chi connectivity index (χ0n) is 15.1. The van der Waals surface area contributed by atoms with Gasteiger partial charge in [0.15, 0.2) is 5.82 Å². The molecule has 0 saturated heterocycles. The summed E-state index contributed by atoms with van der Waals surface area (Å²) in [5, 5.41) is 2.39. The minimum absolute atomic E-state index is 0.0368. The third kappa shape index (κ3) is 6.19. The van der Waals surface area contributed by atoms with Crippen LogP contribution in [0.5, 0.6) is 0 Å². The molecule has 152 valence electrons. The molecule has 0 aliphatic heterocycles.